The number of amides is 2. The van der Waals surface area contributed by atoms with Crippen molar-refractivity contribution in [1.29, 1.82) is 0 Å². The van der Waals surface area contributed by atoms with Gasteiger partial charge in [0, 0.05) is 17.4 Å². The molecule has 0 unspecified atom stereocenters. The van der Waals surface area contributed by atoms with E-state index in [0.717, 1.165) is 19.3 Å². The molecule has 4 nitrogen and oxygen atoms in total. The molecule has 0 spiro atoms. The van der Waals surface area contributed by atoms with E-state index in [4.69, 9.17) is 0 Å². The van der Waals surface area contributed by atoms with E-state index >= 15 is 0 Å². The van der Waals surface area contributed by atoms with Crippen LogP contribution in [0.5, 0.6) is 0 Å². The topological polar surface area (TPSA) is 49.4 Å². The molecular weight excluding hydrogens is 344 g/mol. The largest absolute Gasteiger partial charge is 0.352 e. The van der Waals surface area contributed by atoms with Gasteiger partial charge in [-0.05, 0) is 44.2 Å². The van der Waals surface area contributed by atoms with Crippen molar-refractivity contribution in [2.24, 2.45) is 5.92 Å². The summed E-state index contributed by atoms with van der Waals surface area (Å²) in [6, 6.07) is 9.17. The highest BCUT2D eigenvalue weighted by molar-refractivity contribution is 8.00. The molecule has 2 amide bonds. The molecule has 2 fully saturated rings. The van der Waals surface area contributed by atoms with Gasteiger partial charge in [0.05, 0.1) is 5.37 Å². The van der Waals surface area contributed by atoms with Crippen LogP contribution in [-0.4, -0.2) is 39.9 Å². The fourth-order valence-electron chi connectivity index (χ4n) is 3.94. The Morgan fingerprint density at radius 1 is 1.19 bits per heavy atom. The molecule has 0 bridgehead atoms. The maximum Gasteiger partial charge on any atom is 0.255 e. The minimum Gasteiger partial charge on any atom is -0.352 e. The number of hydrogen-bond acceptors (Lipinski definition) is 3. The lowest BCUT2D eigenvalue weighted by Crippen LogP contribution is -2.52. The Bertz CT molecular complexity index is 616. The minimum absolute atomic E-state index is 0.00419. The molecule has 1 aliphatic carbocycles. The maximum absolute atomic E-state index is 13.3. The lowest BCUT2D eigenvalue weighted by atomic mass is 9.88. The predicted molar refractivity (Wildman–Crippen MR) is 107 cm³/mol. The molecule has 1 saturated carbocycles. The second-order valence-corrected chi connectivity index (χ2v) is 8.68. The van der Waals surface area contributed by atoms with Gasteiger partial charge in [-0.15, -0.1) is 11.8 Å². The molecule has 1 N–H and O–H groups in total. The third-order valence-electron chi connectivity index (χ3n) is 5.65. The molecule has 3 atom stereocenters. The molecular formula is C21H30N2O2S. The lowest BCUT2D eigenvalue weighted by Gasteiger charge is -2.35. The van der Waals surface area contributed by atoms with Gasteiger partial charge in [-0.25, -0.2) is 0 Å². The highest BCUT2D eigenvalue weighted by Gasteiger charge is 2.45. The lowest BCUT2D eigenvalue weighted by molar-refractivity contribution is -0.125. The van der Waals surface area contributed by atoms with Crippen LogP contribution in [0.2, 0.25) is 0 Å². The molecule has 1 saturated heterocycles. The van der Waals surface area contributed by atoms with Crippen molar-refractivity contribution in [1.82, 2.24) is 10.2 Å². The molecule has 142 valence electrons. The fourth-order valence-corrected chi connectivity index (χ4v) is 5.58. The maximum atomic E-state index is 13.3. The van der Waals surface area contributed by atoms with E-state index in [1.165, 1.54) is 19.3 Å². The number of hydrogen-bond donors (Lipinski definition) is 1. The fraction of sp³-hybridized carbons (Fsp3) is 0.619. The minimum atomic E-state index is -0.367. The highest BCUT2D eigenvalue weighted by atomic mass is 32.2. The number of thioether (sulfide) groups is 1. The molecule has 0 radical (unpaired) electrons. The Morgan fingerprint density at radius 3 is 2.54 bits per heavy atom. The van der Waals surface area contributed by atoms with E-state index in [1.807, 2.05) is 42.2 Å². The van der Waals surface area contributed by atoms with E-state index in [-0.39, 0.29) is 29.3 Å². The summed E-state index contributed by atoms with van der Waals surface area (Å²) in [5, 5.41) is 3.21. The van der Waals surface area contributed by atoms with E-state index in [1.54, 1.807) is 11.8 Å². The van der Waals surface area contributed by atoms with Crippen molar-refractivity contribution in [2.75, 3.05) is 5.75 Å². The van der Waals surface area contributed by atoms with Crippen LogP contribution in [0.25, 0.3) is 0 Å². The Labute approximate surface area is 161 Å². The summed E-state index contributed by atoms with van der Waals surface area (Å²) < 4.78 is 0. The third-order valence-corrected chi connectivity index (χ3v) is 7.11. The van der Waals surface area contributed by atoms with Crippen LogP contribution in [-0.2, 0) is 4.79 Å². The Balaban J connectivity index is 1.84. The van der Waals surface area contributed by atoms with Crippen molar-refractivity contribution in [3.05, 3.63) is 35.9 Å². The number of carbonyl (C=O) groups excluding carboxylic acids is 2. The molecule has 26 heavy (non-hydrogen) atoms. The van der Waals surface area contributed by atoms with Gasteiger partial charge < -0.3 is 10.2 Å². The first-order valence-corrected chi connectivity index (χ1v) is 11.0. The number of carbonyl (C=O) groups is 2. The number of nitrogens with one attached hydrogen (secondary N) is 1. The van der Waals surface area contributed by atoms with Crippen molar-refractivity contribution in [2.45, 2.75) is 69.8 Å². The summed E-state index contributed by atoms with van der Waals surface area (Å²) in [4.78, 5) is 28.1. The van der Waals surface area contributed by atoms with Crippen molar-refractivity contribution < 1.29 is 9.59 Å². The quantitative estimate of drug-likeness (QED) is 0.845. The smallest absolute Gasteiger partial charge is 0.255 e. The standard InChI is InChI=1S/C21H30N2O2S/c1-3-15(2)22-19(24)18-14-26-21(17-12-8-5-9-13-17)23(18)20(25)16-10-6-4-7-11-16/h4,6-7,10-11,15,17-18,21H,3,5,8-9,12-14H2,1-2H3,(H,22,24)/t15-,18+,21+/m0/s1. The van der Waals surface area contributed by atoms with Gasteiger partial charge in [0.2, 0.25) is 5.91 Å². The Morgan fingerprint density at radius 2 is 1.88 bits per heavy atom. The van der Waals surface area contributed by atoms with Crippen LogP contribution in [0.4, 0.5) is 0 Å². The molecule has 3 rings (SSSR count). The third kappa shape index (κ3) is 4.25. The van der Waals surface area contributed by atoms with Crippen LogP contribution in [0, 0.1) is 5.92 Å². The van der Waals surface area contributed by atoms with Gasteiger partial charge in [-0.3, -0.25) is 9.59 Å². The number of rotatable bonds is 5. The summed E-state index contributed by atoms with van der Waals surface area (Å²) in [7, 11) is 0. The average Bonchev–Trinajstić information content (AvgIpc) is 3.13. The summed E-state index contributed by atoms with van der Waals surface area (Å²) in [5.74, 6) is 1.19. The van der Waals surface area contributed by atoms with E-state index in [0.29, 0.717) is 17.2 Å². The van der Waals surface area contributed by atoms with Crippen LogP contribution >= 0.6 is 11.8 Å². The predicted octanol–water partition coefficient (Wildman–Crippen LogP) is 4.07. The highest BCUT2D eigenvalue weighted by Crippen LogP contribution is 2.41. The Kier molecular flexibility index (Phi) is 6.63. The summed E-state index contributed by atoms with van der Waals surface area (Å²) in [6.45, 7) is 4.08. The summed E-state index contributed by atoms with van der Waals surface area (Å²) >= 11 is 1.80. The zero-order valence-corrected chi connectivity index (χ0v) is 16.6. The zero-order valence-electron chi connectivity index (χ0n) is 15.8. The van der Waals surface area contributed by atoms with Crippen LogP contribution in [0.15, 0.2) is 30.3 Å². The molecule has 0 aromatic heterocycles. The first-order valence-electron chi connectivity index (χ1n) is 9.91. The second-order valence-electron chi connectivity index (χ2n) is 7.53. The Hall–Kier alpha value is -1.49. The molecule has 1 heterocycles. The van der Waals surface area contributed by atoms with Gasteiger partial charge in [0.1, 0.15) is 6.04 Å². The van der Waals surface area contributed by atoms with Crippen molar-refractivity contribution in [3.8, 4) is 0 Å². The van der Waals surface area contributed by atoms with Crippen LogP contribution in [0.1, 0.15) is 62.7 Å². The van der Waals surface area contributed by atoms with Gasteiger partial charge in [-0.1, -0.05) is 44.4 Å². The molecule has 1 aromatic rings. The van der Waals surface area contributed by atoms with E-state index < -0.39 is 0 Å². The molecule has 2 aliphatic rings. The summed E-state index contributed by atoms with van der Waals surface area (Å²) in [5.41, 5.74) is 0.678. The van der Waals surface area contributed by atoms with Crippen LogP contribution < -0.4 is 5.32 Å². The van der Waals surface area contributed by atoms with Crippen molar-refractivity contribution in [3.63, 3.8) is 0 Å². The molecule has 1 aromatic carbocycles. The second kappa shape index (κ2) is 8.94. The van der Waals surface area contributed by atoms with Gasteiger partial charge >= 0.3 is 0 Å². The number of benzene rings is 1. The van der Waals surface area contributed by atoms with E-state index in [2.05, 4.69) is 12.2 Å². The average molecular weight is 375 g/mol. The van der Waals surface area contributed by atoms with Gasteiger partial charge in [-0.2, -0.15) is 0 Å². The SMILES string of the molecule is CC[C@H](C)NC(=O)[C@H]1CS[C@H](C2CCCCC2)N1C(=O)c1ccccc1. The molecule has 5 heteroatoms. The first-order chi connectivity index (χ1) is 12.6. The monoisotopic (exact) mass is 374 g/mol. The van der Waals surface area contributed by atoms with Crippen LogP contribution in [0.3, 0.4) is 0 Å². The first kappa shape index (κ1) is 19.3. The summed E-state index contributed by atoms with van der Waals surface area (Å²) in [6.07, 6.45) is 6.98. The van der Waals surface area contributed by atoms with E-state index in [9.17, 15) is 9.59 Å². The normalized spacial score (nSPS) is 25.1. The van der Waals surface area contributed by atoms with Crippen molar-refractivity contribution >= 4 is 23.6 Å². The molecule has 1 aliphatic heterocycles. The zero-order chi connectivity index (χ0) is 18.5. The van der Waals surface area contributed by atoms with Gasteiger partial charge in [0.15, 0.2) is 0 Å². The van der Waals surface area contributed by atoms with Gasteiger partial charge in [0.25, 0.3) is 5.91 Å². The number of nitrogens with zero attached hydrogens (tertiary/aromatic N) is 1.